The van der Waals surface area contributed by atoms with Gasteiger partial charge in [-0.25, -0.2) is 0 Å². The minimum Gasteiger partial charge on any atom is -0.396 e. The molecule has 162 valence electrons. The van der Waals surface area contributed by atoms with Crippen molar-refractivity contribution in [1.29, 1.82) is 0 Å². The van der Waals surface area contributed by atoms with Gasteiger partial charge in [0.2, 0.25) is 0 Å². The molecule has 0 aliphatic carbocycles. The van der Waals surface area contributed by atoms with E-state index in [2.05, 4.69) is 5.32 Å². The Morgan fingerprint density at radius 3 is 2.44 bits per heavy atom. The Morgan fingerprint density at radius 1 is 0.938 bits per heavy atom. The predicted octanol–water partition coefficient (Wildman–Crippen LogP) is 2.57. The van der Waals surface area contributed by atoms with Crippen LogP contribution in [0.5, 0.6) is 0 Å². The van der Waals surface area contributed by atoms with E-state index in [-0.39, 0.29) is 13.2 Å². The summed E-state index contributed by atoms with van der Waals surface area (Å²) in [7, 11) is 1.91. The van der Waals surface area contributed by atoms with Crippen molar-refractivity contribution in [2.75, 3.05) is 6.61 Å². The summed E-state index contributed by atoms with van der Waals surface area (Å²) in [6.07, 6.45) is 4.32. The number of imide groups is 1. The molecule has 0 saturated carbocycles. The van der Waals surface area contributed by atoms with Crippen LogP contribution in [0.2, 0.25) is 0 Å². The number of carbonyl (C=O) groups is 2. The summed E-state index contributed by atoms with van der Waals surface area (Å²) >= 11 is 0. The zero-order chi connectivity index (χ0) is 22.4. The van der Waals surface area contributed by atoms with Crippen molar-refractivity contribution in [2.24, 2.45) is 7.05 Å². The highest BCUT2D eigenvalue weighted by atomic mass is 16.3. The molecule has 0 unspecified atom stereocenters. The minimum atomic E-state index is -0.454. The van der Waals surface area contributed by atoms with E-state index >= 15 is 0 Å². The number of rotatable bonds is 6. The summed E-state index contributed by atoms with van der Waals surface area (Å²) in [5.41, 5.74) is 4.32. The molecule has 32 heavy (non-hydrogen) atoms. The van der Waals surface area contributed by atoms with Gasteiger partial charge in [0.15, 0.2) is 0 Å². The molecule has 7 heteroatoms. The van der Waals surface area contributed by atoms with Gasteiger partial charge >= 0.3 is 0 Å². The average Bonchev–Trinajstić information content (AvgIpc) is 3.45. The fourth-order valence-corrected chi connectivity index (χ4v) is 4.70. The molecule has 0 bridgehead atoms. The number of carbonyl (C=O) groups excluding carboxylic acids is 2. The van der Waals surface area contributed by atoms with Gasteiger partial charge in [-0.2, -0.15) is 0 Å². The number of aromatic nitrogens is 2. The molecule has 1 aliphatic rings. The van der Waals surface area contributed by atoms with Gasteiger partial charge in [-0.3, -0.25) is 14.9 Å². The van der Waals surface area contributed by atoms with Crippen LogP contribution in [-0.2, 0) is 29.8 Å². The molecule has 0 saturated heterocycles. The van der Waals surface area contributed by atoms with Crippen molar-refractivity contribution < 1.29 is 19.8 Å². The van der Waals surface area contributed by atoms with Crippen molar-refractivity contribution >= 4 is 44.8 Å². The van der Waals surface area contributed by atoms with E-state index in [9.17, 15) is 19.8 Å². The lowest BCUT2D eigenvalue weighted by Crippen LogP contribution is -2.22. The second-order valence-electron chi connectivity index (χ2n) is 7.99. The summed E-state index contributed by atoms with van der Waals surface area (Å²) in [6, 6.07) is 13.3. The Bertz CT molecular complexity index is 1420. The van der Waals surface area contributed by atoms with Crippen LogP contribution in [-0.4, -0.2) is 37.8 Å². The number of para-hydroxylation sites is 1. The first-order chi connectivity index (χ1) is 15.5. The lowest BCUT2D eigenvalue weighted by molar-refractivity contribution is -0.122. The Labute approximate surface area is 184 Å². The van der Waals surface area contributed by atoms with Crippen molar-refractivity contribution in [3.05, 3.63) is 71.5 Å². The Kier molecular flexibility index (Phi) is 4.92. The van der Waals surface area contributed by atoms with Gasteiger partial charge in [-0.05, 0) is 24.1 Å². The molecule has 0 radical (unpaired) electrons. The van der Waals surface area contributed by atoms with E-state index < -0.39 is 11.8 Å². The monoisotopic (exact) mass is 429 g/mol. The molecule has 2 aromatic carbocycles. The summed E-state index contributed by atoms with van der Waals surface area (Å²) in [5, 5.41) is 23.5. The maximum Gasteiger partial charge on any atom is 0.259 e. The second kappa shape index (κ2) is 7.78. The molecule has 4 aromatic rings. The zero-order valence-electron chi connectivity index (χ0n) is 17.6. The summed E-state index contributed by atoms with van der Waals surface area (Å²) in [4.78, 5) is 26.1. The SMILES string of the molecule is Cn1ccc2cccc(C3=C(c4cn(CCCO)c5cccc(CO)c45)C(=O)NC3=O)c21. The number of fused-ring (bicyclic) bond motifs is 2. The van der Waals surface area contributed by atoms with Crippen LogP contribution >= 0.6 is 0 Å². The molecule has 5 rings (SSSR count). The number of aliphatic hydroxyl groups is 2. The van der Waals surface area contributed by atoms with E-state index in [1.165, 1.54) is 0 Å². The number of nitrogens with one attached hydrogen (secondary N) is 1. The average molecular weight is 429 g/mol. The van der Waals surface area contributed by atoms with E-state index in [0.717, 1.165) is 21.8 Å². The Balaban J connectivity index is 1.86. The molecule has 3 N–H and O–H groups in total. The molecule has 0 spiro atoms. The van der Waals surface area contributed by atoms with Gasteiger partial charge in [0, 0.05) is 60.0 Å². The van der Waals surface area contributed by atoms with Crippen LogP contribution in [0, 0.1) is 0 Å². The predicted molar refractivity (Wildman–Crippen MR) is 122 cm³/mol. The maximum absolute atomic E-state index is 13.1. The van der Waals surface area contributed by atoms with Crippen LogP contribution < -0.4 is 5.32 Å². The van der Waals surface area contributed by atoms with Gasteiger partial charge in [-0.1, -0.05) is 30.3 Å². The van der Waals surface area contributed by atoms with Crippen molar-refractivity contribution in [3.63, 3.8) is 0 Å². The highest BCUT2D eigenvalue weighted by Gasteiger charge is 2.35. The second-order valence-corrected chi connectivity index (χ2v) is 7.99. The third kappa shape index (κ3) is 2.97. The number of nitrogens with zero attached hydrogens (tertiary/aromatic N) is 2. The number of hydrogen-bond acceptors (Lipinski definition) is 4. The van der Waals surface area contributed by atoms with E-state index in [4.69, 9.17) is 0 Å². The van der Waals surface area contributed by atoms with Crippen molar-refractivity contribution in [3.8, 4) is 0 Å². The molecule has 3 heterocycles. The normalized spacial score (nSPS) is 14.2. The van der Waals surface area contributed by atoms with Crippen LogP contribution in [0.25, 0.3) is 33.0 Å². The highest BCUT2D eigenvalue weighted by molar-refractivity contribution is 6.50. The summed E-state index contributed by atoms with van der Waals surface area (Å²) in [5.74, 6) is -0.887. The Hall–Kier alpha value is -3.68. The first-order valence-corrected chi connectivity index (χ1v) is 10.5. The molecular formula is C25H23N3O4. The van der Waals surface area contributed by atoms with Crippen LogP contribution in [0.15, 0.2) is 54.9 Å². The number of benzene rings is 2. The van der Waals surface area contributed by atoms with Gasteiger partial charge < -0.3 is 19.3 Å². The number of amides is 2. The van der Waals surface area contributed by atoms with Crippen LogP contribution in [0.4, 0.5) is 0 Å². The molecule has 7 nitrogen and oxygen atoms in total. The molecule has 1 aliphatic heterocycles. The van der Waals surface area contributed by atoms with Crippen LogP contribution in [0.3, 0.4) is 0 Å². The third-order valence-corrected chi connectivity index (χ3v) is 6.09. The van der Waals surface area contributed by atoms with Crippen molar-refractivity contribution in [1.82, 2.24) is 14.5 Å². The zero-order valence-corrected chi connectivity index (χ0v) is 17.6. The summed E-state index contributed by atoms with van der Waals surface area (Å²) in [6.45, 7) is 0.393. The lowest BCUT2D eigenvalue weighted by atomic mass is 9.93. The molecule has 2 aromatic heterocycles. The third-order valence-electron chi connectivity index (χ3n) is 6.09. The van der Waals surface area contributed by atoms with Gasteiger partial charge in [0.05, 0.1) is 23.3 Å². The van der Waals surface area contributed by atoms with Gasteiger partial charge in [0.25, 0.3) is 11.8 Å². The standard InChI is InChI=1S/C25H23N3O4/c1-27-11-9-15-5-2-7-17(23(15)27)21-22(25(32)26-24(21)31)18-13-28(10-4-12-29)19-8-3-6-16(14-30)20(18)19/h2-3,5-9,11,13,29-30H,4,10,12,14H2,1H3,(H,26,31,32). The number of aryl methyl sites for hydroxylation is 2. The van der Waals surface area contributed by atoms with Gasteiger partial charge in [-0.15, -0.1) is 0 Å². The Morgan fingerprint density at radius 2 is 1.69 bits per heavy atom. The number of hydrogen-bond donors (Lipinski definition) is 3. The summed E-state index contributed by atoms with van der Waals surface area (Å²) < 4.78 is 3.90. The van der Waals surface area contributed by atoms with Crippen molar-refractivity contribution in [2.45, 2.75) is 19.6 Å². The molecular weight excluding hydrogens is 406 g/mol. The van der Waals surface area contributed by atoms with Gasteiger partial charge in [0.1, 0.15) is 0 Å². The fourth-order valence-electron chi connectivity index (χ4n) is 4.70. The molecule has 0 atom stereocenters. The van der Waals surface area contributed by atoms with Crippen LogP contribution in [0.1, 0.15) is 23.1 Å². The maximum atomic E-state index is 13.1. The minimum absolute atomic E-state index is 0.0388. The fraction of sp³-hybridized carbons (Fsp3) is 0.200. The quantitative estimate of drug-likeness (QED) is 0.411. The largest absolute Gasteiger partial charge is 0.396 e. The molecule has 0 fully saturated rings. The van der Waals surface area contributed by atoms with E-state index in [1.807, 2.05) is 71.0 Å². The van der Waals surface area contributed by atoms with E-state index in [0.29, 0.717) is 40.8 Å². The lowest BCUT2D eigenvalue weighted by Gasteiger charge is -2.09. The number of aliphatic hydroxyl groups excluding tert-OH is 2. The topological polar surface area (TPSA) is 96.5 Å². The highest BCUT2D eigenvalue weighted by Crippen LogP contribution is 2.39. The first-order valence-electron chi connectivity index (χ1n) is 10.5. The van der Waals surface area contributed by atoms with E-state index in [1.54, 1.807) is 0 Å². The smallest absolute Gasteiger partial charge is 0.259 e. The first kappa shape index (κ1) is 20.2. The molecule has 2 amide bonds.